The zero-order valence-corrected chi connectivity index (χ0v) is 12.2. The molecule has 0 atom stereocenters. The van der Waals surface area contributed by atoms with Crippen molar-refractivity contribution < 1.29 is 14.7 Å². The molecule has 1 heterocycles. The van der Waals surface area contributed by atoms with Crippen LogP contribution in [0, 0.1) is 0 Å². The van der Waals surface area contributed by atoms with Crippen LogP contribution in [-0.2, 0) is 18.3 Å². The molecule has 114 valence electrons. The van der Waals surface area contributed by atoms with Gasteiger partial charge in [0.1, 0.15) is 5.69 Å². The third-order valence-corrected chi connectivity index (χ3v) is 3.74. The summed E-state index contributed by atoms with van der Waals surface area (Å²) in [6.45, 7) is 0. The fourth-order valence-corrected chi connectivity index (χ4v) is 2.55. The fourth-order valence-electron chi connectivity index (χ4n) is 2.55. The molecule has 6 heteroatoms. The average Bonchev–Trinajstić information content (AvgIpc) is 3.21. The molecule has 2 aromatic rings. The molecule has 0 saturated heterocycles. The molecule has 0 radical (unpaired) electrons. The first-order chi connectivity index (χ1) is 10.5. The van der Waals surface area contributed by atoms with Gasteiger partial charge in [0.15, 0.2) is 0 Å². The summed E-state index contributed by atoms with van der Waals surface area (Å²) < 4.78 is 1.59. The Kier molecular flexibility index (Phi) is 3.66. The second-order valence-electron chi connectivity index (χ2n) is 5.57. The molecule has 0 spiro atoms. The van der Waals surface area contributed by atoms with Gasteiger partial charge >= 0.3 is 5.97 Å². The minimum atomic E-state index is -0.897. The van der Waals surface area contributed by atoms with Crippen LogP contribution in [0.2, 0.25) is 0 Å². The fraction of sp³-hybridized carbons (Fsp3) is 0.312. The van der Waals surface area contributed by atoms with Crippen molar-refractivity contribution in [3.05, 3.63) is 47.3 Å². The van der Waals surface area contributed by atoms with Crippen LogP contribution in [0.1, 0.15) is 40.4 Å². The van der Waals surface area contributed by atoms with Crippen LogP contribution in [-0.4, -0.2) is 26.8 Å². The van der Waals surface area contributed by atoms with E-state index >= 15 is 0 Å². The molecule has 1 saturated carbocycles. The second-order valence-corrected chi connectivity index (χ2v) is 5.57. The number of anilines is 1. The summed E-state index contributed by atoms with van der Waals surface area (Å²) in [6, 6.07) is 6.89. The zero-order chi connectivity index (χ0) is 15.7. The quantitative estimate of drug-likeness (QED) is 0.886. The minimum Gasteiger partial charge on any atom is -0.481 e. The number of carbonyl (C=O) groups excluding carboxylic acids is 1. The Labute approximate surface area is 127 Å². The molecule has 1 aromatic heterocycles. The monoisotopic (exact) mass is 299 g/mol. The van der Waals surface area contributed by atoms with E-state index in [1.807, 2.05) is 0 Å². The first-order valence-corrected chi connectivity index (χ1v) is 7.18. The summed E-state index contributed by atoms with van der Waals surface area (Å²) in [4.78, 5) is 23.3. The lowest BCUT2D eigenvalue weighted by molar-refractivity contribution is -0.136. The molecule has 0 aliphatic heterocycles. The van der Waals surface area contributed by atoms with Crippen molar-refractivity contribution in [2.45, 2.75) is 25.2 Å². The van der Waals surface area contributed by atoms with E-state index in [1.165, 1.54) is 0 Å². The van der Waals surface area contributed by atoms with Crippen molar-refractivity contribution in [3.8, 4) is 0 Å². The lowest BCUT2D eigenvalue weighted by Gasteiger charge is -2.08. The summed E-state index contributed by atoms with van der Waals surface area (Å²) in [5.74, 6) is -0.673. The number of carboxylic acids is 1. The Hall–Kier alpha value is -2.63. The van der Waals surface area contributed by atoms with E-state index in [0.29, 0.717) is 22.9 Å². The maximum Gasteiger partial charge on any atom is 0.307 e. The molecule has 1 amide bonds. The standard InChI is InChI=1S/C16H17N3O3/c1-19-15(13(9-17-19)11-5-6-11)16(22)18-12-4-2-3-10(7-12)8-14(20)21/h2-4,7,9,11H,5-6,8H2,1H3,(H,18,22)(H,20,21). The van der Waals surface area contributed by atoms with E-state index in [-0.39, 0.29) is 12.3 Å². The van der Waals surface area contributed by atoms with E-state index in [2.05, 4.69) is 10.4 Å². The number of aryl methyl sites for hydroxylation is 1. The number of amides is 1. The number of carbonyl (C=O) groups is 2. The summed E-state index contributed by atoms with van der Waals surface area (Å²) >= 11 is 0. The highest BCUT2D eigenvalue weighted by Gasteiger charge is 2.30. The summed E-state index contributed by atoms with van der Waals surface area (Å²) in [6.07, 6.45) is 3.89. The van der Waals surface area contributed by atoms with Crippen LogP contribution < -0.4 is 5.32 Å². The van der Waals surface area contributed by atoms with Crippen LogP contribution in [0.15, 0.2) is 30.5 Å². The van der Waals surface area contributed by atoms with Crippen molar-refractivity contribution in [3.63, 3.8) is 0 Å². The minimum absolute atomic E-state index is 0.0667. The summed E-state index contributed by atoms with van der Waals surface area (Å²) in [5, 5.41) is 15.8. The molecule has 1 aliphatic rings. The summed E-state index contributed by atoms with van der Waals surface area (Å²) in [5.41, 5.74) is 2.80. The Morgan fingerprint density at radius 2 is 2.18 bits per heavy atom. The number of benzene rings is 1. The molecular weight excluding hydrogens is 282 g/mol. The molecule has 1 aliphatic carbocycles. The number of nitrogens with one attached hydrogen (secondary N) is 1. The van der Waals surface area contributed by atoms with Gasteiger partial charge in [-0.15, -0.1) is 0 Å². The summed E-state index contributed by atoms with van der Waals surface area (Å²) in [7, 11) is 1.75. The highest BCUT2D eigenvalue weighted by molar-refractivity contribution is 6.04. The maximum absolute atomic E-state index is 12.5. The predicted molar refractivity (Wildman–Crippen MR) is 80.9 cm³/mol. The lowest BCUT2D eigenvalue weighted by Crippen LogP contribution is -2.18. The predicted octanol–water partition coefficient (Wildman–Crippen LogP) is 2.18. The topological polar surface area (TPSA) is 84.2 Å². The van der Waals surface area contributed by atoms with Gasteiger partial charge in [-0.05, 0) is 36.5 Å². The number of hydrogen-bond donors (Lipinski definition) is 2. The van der Waals surface area contributed by atoms with Crippen molar-refractivity contribution in [2.75, 3.05) is 5.32 Å². The molecule has 6 nitrogen and oxygen atoms in total. The first-order valence-electron chi connectivity index (χ1n) is 7.18. The third-order valence-electron chi connectivity index (χ3n) is 3.74. The largest absolute Gasteiger partial charge is 0.481 e. The van der Waals surface area contributed by atoms with Crippen molar-refractivity contribution >= 4 is 17.6 Å². The van der Waals surface area contributed by atoms with Gasteiger partial charge in [0.05, 0.1) is 12.6 Å². The van der Waals surface area contributed by atoms with Crippen LogP contribution in [0.25, 0.3) is 0 Å². The van der Waals surface area contributed by atoms with Gasteiger partial charge in [0, 0.05) is 18.3 Å². The van der Waals surface area contributed by atoms with Crippen molar-refractivity contribution in [1.29, 1.82) is 0 Å². The molecular formula is C16H17N3O3. The van der Waals surface area contributed by atoms with Gasteiger partial charge in [-0.25, -0.2) is 0 Å². The number of carboxylic acid groups (broad SMARTS) is 1. The lowest BCUT2D eigenvalue weighted by atomic mass is 10.1. The van der Waals surface area contributed by atoms with Gasteiger partial charge in [-0.1, -0.05) is 12.1 Å². The van der Waals surface area contributed by atoms with E-state index in [0.717, 1.165) is 18.4 Å². The van der Waals surface area contributed by atoms with Crippen LogP contribution >= 0.6 is 0 Å². The van der Waals surface area contributed by atoms with Crippen LogP contribution in [0.4, 0.5) is 5.69 Å². The first kappa shape index (κ1) is 14.3. The maximum atomic E-state index is 12.5. The Balaban J connectivity index is 1.80. The highest BCUT2D eigenvalue weighted by atomic mass is 16.4. The Morgan fingerprint density at radius 3 is 2.86 bits per heavy atom. The Bertz CT molecular complexity index is 732. The van der Waals surface area contributed by atoms with Gasteiger partial charge in [-0.2, -0.15) is 5.10 Å². The van der Waals surface area contributed by atoms with Gasteiger partial charge in [-0.3, -0.25) is 14.3 Å². The number of rotatable bonds is 5. The van der Waals surface area contributed by atoms with Crippen molar-refractivity contribution in [1.82, 2.24) is 9.78 Å². The molecule has 2 N–H and O–H groups in total. The number of aliphatic carboxylic acids is 1. The van der Waals surface area contributed by atoms with Gasteiger partial charge in [0.2, 0.25) is 0 Å². The van der Waals surface area contributed by atoms with Crippen LogP contribution in [0.3, 0.4) is 0 Å². The van der Waals surface area contributed by atoms with Crippen molar-refractivity contribution in [2.24, 2.45) is 7.05 Å². The highest BCUT2D eigenvalue weighted by Crippen LogP contribution is 2.41. The molecule has 3 rings (SSSR count). The second kappa shape index (κ2) is 5.63. The smallest absolute Gasteiger partial charge is 0.307 e. The SMILES string of the molecule is Cn1ncc(C2CC2)c1C(=O)Nc1cccc(CC(=O)O)c1. The molecule has 22 heavy (non-hydrogen) atoms. The van der Waals surface area contributed by atoms with Gasteiger partial charge < -0.3 is 10.4 Å². The molecule has 1 aromatic carbocycles. The average molecular weight is 299 g/mol. The Morgan fingerprint density at radius 1 is 1.41 bits per heavy atom. The normalized spacial score (nSPS) is 13.9. The molecule has 0 unspecified atom stereocenters. The van der Waals surface area contributed by atoms with E-state index in [9.17, 15) is 9.59 Å². The third kappa shape index (κ3) is 3.00. The zero-order valence-electron chi connectivity index (χ0n) is 12.2. The van der Waals surface area contributed by atoms with E-state index in [4.69, 9.17) is 5.11 Å². The van der Waals surface area contributed by atoms with E-state index in [1.54, 1.807) is 42.2 Å². The molecule has 1 fully saturated rings. The molecule has 0 bridgehead atoms. The number of nitrogens with zero attached hydrogens (tertiary/aromatic N) is 2. The number of hydrogen-bond acceptors (Lipinski definition) is 3. The van der Waals surface area contributed by atoms with Gasteiger partial charge in [0.25, 0.3) is 5.91 Å². The van der Waals surface area contributed by atoms with E-state index < -0.39 is 5.97 Å². The van der Waals surface area contributed by atoms with Crippen LogP contribution in [0.5, 0.6) is 0 Å². The number of aromatic nitrogens is 2.